The van der Waals surface area contributed by atoms with E-state index < -0.39 is 0 Å². The van der Waals surface area contributed by atoms with Crippen molar-refractivity contribution in [1.82, 2.24) is 15.2 Å². The van der Waals surface area contributed by atoms with Gasteiger partial charge in [-0.05, 0) is 42.5 Å². The largest absolute Gasteiger partial charge is 0.497 e. The van der Waals surface area contributed by atoms with Crippen molar-refractivity contribution in [3.05, 3.63) is 66.3 Å². The fraction of sp³-hybridized carbons (Fsp3) is 0.105. The van der Waals surface area contributed by atoms with Crippen molar-refractivity contribution < 1.29 is 18.0 Å². The molecule has 2 aromatic heterocycles. The van der Waals surface area contributed by atoms with Crippen LogP contribution in [0.3, 0.4) is 0 Å². The van der Waals surface area contributed by atoms with E-state index >= 15 is 0 Å². The third kappa shape index (κ3) is 4.01. The van der Waals surface area contributed by atoms with Gasteiger partial charge in [0, 0.05) is 16.9 Å². The van der Waals surface area contributed by atoms with Crippen molar-refractivity contribution in [2.24, 2.45) is 0 Å². The summed E-state index contributed by atoms with van der Waals surface area (Å²) >= 11 is 1.35. The molecule has 0 unspecified atom stereocenters. The Labute approximate surface area is 158 Å². The molecule has 0 aliphatic carbocycles. The van der Waals surface area contributed by atoms with Crippen LogP contribution >= 0.6 is 11.8 Å². The van der Waals surface area contributed by atoms with Gasteiger partial charge in [-0.2, -0.15) is 0 Å². The molecule has 0 spiro atoms. The number of thioether (sulfide) groups is 1. The number of hydrogen-bond acceptors (Lipinski definition) is 7. The van der Waals surface area contributed by atoms with Crippen molar-refractivity contribution in [2.75, 3.05) is 7.11 Å². The summed E-state index contributed by atoms with van der Waals surface area (Å²) in [6.07, 6.45) is 1.54. The number of ether oxygens (including phenoxy) is 1. The smallest absolute Gasteiger partial charge is 0.277 e. The molecular formula is C19H14FN3O3S. The Balaban J connectivity index is 1.41. The molecule has 0 fully saturated rings. The summed E-state index contributed by atoms with van der Waals surface area (Å²) in [6, 6.07) is 13.5. The van der Waals surface area contributed by atoms with Crippen molar-refractivity contribution in [3.63, 3.8) is 0 Å². The molecule has 0 N–H and O–H groups in total. The van der Waals surface area contributed by atoms with Crippen LogP contribution in [0.15, 0.2) is 68.9 Å². The molecule has 0 amide bonds. The highest BCUT2D eigenvalue weighted by atomic mass is 32.2. The highest BCUT2D eigenvalue weighted by Crippen LogP contribution is 2.27. The SMILES string of the molecule is COc1ccc(-c2nnc(SCc3coc(-c4cccc(F)c4)n3)o2)cc1. The van der Waals surface area contributed by atoms with Gasteiger partial charge in [-0.1, -0.05) is 17.8 Å². The highest BCUT2D eigenvalue weighted by Gasteiger charge is 2.12. The van der Waals surface area contributed by atoms with Crippen molar-refractivity contribution in [3.8, 4) is 28.7 Å². The number of nitrogens with zero attached hydrogens (tertiary/aromatic N) is 3. The van der Waals surface area contributed by atoms with Gasteiger partial charge in [0.2, 0.25) is 11.8 Å². The lowest BCUT2D eigenvalue weighted by Gasteiger charge is -1.99. The Morgan fingerprint density at radius 1 is 1.04 bits per heavy atom. The van der Waals surface area contributed by atoms with Crippen LogP contribution in [-0.4, -0.2) is 22.3 Å². The zero-order valence-corrected chi connectivity index (χ0v) is 15.1. The molecule has 6 nitrogen and oxygen atoms in total. The summed E-state index contributed by atoms with van der Waals surface area (Å²) < 4.78 is 29.5. The normalized spacial score (nSPS) is 10.9. The van der Waals surface area contributed by atoms with Gasteiger partial charge in [0.15, 0.2) is 0 Å². The highest BCUT2D eigenvalue weighted by molar-refractivity contribution is 7.98. The standard InChI is InChI=1S/C19H14FN3O3S/c1-24-16-7-5-12(6-8-16)18-22-23-19(26-18)27-11-15-10-25-17(21-15)13-3-2-4-14(20)9-13/h2-10H,11H2,1H3. The van der Waals surface area contributed by atoms with E-state index in [1.807, 2.05) is 24.3 Å². The Hall–Kier alpha value is -3.13. The summed E-state index contributed by atoms with van der Waals surface area (Å²) in [5.74, 6) is 1.71. The molecule has 2 heterocycles. The van der Waals surface area contributed by atoms with E-state index in [1.165, 1.54) is 30.2 Å². The first kappa shape index (κ1) is 17.3. The Morgan fingerprint density at radius 2 is 1.89 bits per heavy atom. The summed E-state index contributed by atoms with van der Waals surface area (Å²) in [6.45, 7) is 0. The van der Waals surface area contributed by atoms with E-state index in [2.05, 4.69) is 15.2 Å². The van der Waals surface area contributed by atoms with Crippen LogP contribution in [0.5, 0.6) is 5.75 Å². The van der Waals surface area contributed by atoms with E-state index in [4.69, 9.17) is 13.6 Å². The predicted octanol–water partition coefficient (Wildman–Crippen LogP) is 4.83. The predicted molar refractivity (Wildman–Crippen MR) is 97.7 cm³/mol. The molecule has 0 atom stereocenters. The first-order chi connectivity index (χ1) is 13.2. The molecule has 4 aromatic rings. The number of aromatic nitrogens is 3. The molecule has 0 aliphatic rings. The molecule has 27 heavy (non-hydrogen) atoms. The average Bonchev–Trinajstić information content (AvgIpc) is 3.36. The van der Waals surface area contributed by atoms with E-state index in [9.17, 15) is 4.39 Å². The number of halogens is 1. The lowest BCUT2D eigenvalue weighted by molar-refractivity contribution is 0.414. The molecule has 0 saturated heterocycles. The number of rotatable bonds is 6. The van der Waals surface area contributed by atoms with Crippen molar-refractivity contribution in [2.45, 2.75) is 11.0 Å². The van der Waals surface area contributed by atoms with Crippen LogP contribution in [-0.2, 0) is 5.75 Å². The Kier molecular flexibility index (Phi) is 4.88. The summed E-state index contributed by atoms with van der Waals surface area (Å²) in [5.41, 5.74) is 2.10. The molecule has 136 valence electrons. The van der Waals surface area contributed by atoms with Gasteiger partial charge >= 0.3 is 0 Å². The minimum absolute atomic E-state index is 0.335. The summed E-state index contributed by atoms with van der Waals surface area (Å²) in [4.78, 5) is 4.36. The Bertz CT molecular complexity index is 1050. The van der Waals surface area contributed by atoms with Crippen LogP contribution in [0.2, 0.25) is 0 Å². The second-order valence-corrected chi connectivity index (χ2v) is 6.47. The van der Waals surface area contributed by atoms with E-state index in [1.54, 1.807) is 19.2 Å². The van der Waals surface area contributed by atoms with Gasteiger partial charge in [0.05, 0.1) is 12.8 Å². The Morgan fingerprint density at radius 3 is 2.67 bits per heavy atom. The van der Waals surface area contributed by atoms with Gasteiger partial charge in [-0.3, -0.25) is 0 Å². The molecule has 0 bridgehead atoms. The molecule has 0 aliphatic heterocycles. The maximum Gasteiger partial charge on any atom is 0.277 e. The van der Waals surface area contributed by atoms with Crippen molar-refractivity contribution >= 4 is 11.8 Å². The van der Waals surface area contributed by atoms with E-state index in [-0.39, 0.29) is 5.82 Å². The zero-order valence-electron chi connectivity index (χ0n) is 14.3. The lowest BCUT2D eigenvalue weighted by atomic mass is 10.2. The number of methoxy groups -OCH3 is 1. The van der Waals surface area contributed by atoms with Crippen LogP contribution in [0.4, 0.5) is 4.39 Å². The third-order valence-electron chi connectivity index (χ3n) is 3.71. The monoisotopic (exact) mass is 383 g/mol. The average molecular weight is 383 g/mol. The van der Waals surface area contributed by atoms with Gasteiger partial charge in [0.25, 0.3) is 5.22 Å². The van der Waals surface area contributed by atoms with Crippen LogP contribution in [0.1, 0.15) is 5.69 Å². The van der Waals surface area contributed by atoms with Crippen LogP contribution in [0, 0.1) is 5.82 Å². The second-order valence-electron chi connectivity index (χ2n) is 5.54. The number of benzene rings is 2. The number of hydrogen-bond donors (Lipinski definition) is 0. The second kappa shape index (κ2) is 7.63. The van der Waals surface area contributed by atoms with Gasteiger partial charge in [0.1, 0.15) is 17.8 Å². The summed E-state index contributed by atoms with van der Waals surface area (Å²) in [7, 11) is 1.61. The van der Waals surface area contributed by atoms with E-state index in [0.717, 1.165) is 11.3 Å². The van der Waals surface area contributed by atoms with Gasteiger partial charge < -0.3 is 13.6 Å². The fourth-order valence-corrected chi connectivity index (χ4v) is 3.02. The minimum atomic E-state index is -0.335. The van der Waals surface area contributed by atoms with Crippen LogP contribution < -0.4 is 4.74 Å². The fourth-order valence-electron chi connectivity index (χ4n) is 2.38. The first-order valence-corrected chi connectivity index (χ1v) is 9.01. The molecule has 4 rings (SSSR count). The first-order valence-electron chi connectivity index (χ1n) is 8.02. The minimum Gasteiger partial charge on any atom is -0.497 e. The van der Waals surface area contributed by atoms with Gasteiger partial charge in [-0.15, -0.1) is 10.2 Å². The molecular weight excluding hydrogens is 369 g/mol. The van der Waals surface area contributed by atoms with E-state index in [0.29, 0.717) is 34.0 Å². The molecule has 2 aromatic carbocycles. The van der Waals surface area contributed by atoms with Crippen molar-refractivity contribution in [1.29, 1.82) is 0 Å². The van der Waals surface area contributed by atoms with Gasteiger partial charge in [-0.25, -0.2) is 9.37 Å². The topological polar surface area (TPSA) is 74.2 Å². The number of oxazole rings is 1. The maximum absolute atomic E-state index is 13.3. The maximum atomic E-state index is 13.3. The molecule has 0 saturated carbocycles. The quantitative estimate of drug-likeness (QED) is 0.441. The molecule has 8 heteroatoms. The third-order valence-corrected chi connectivity index (χ3v) is 4.56. The zero-order chi connectivity index (χ0) is 18.6. The summed E-state index contributed by atoms with van der Waals surface area (Å²) in [5, 5.41) is 8.51. The molecule has 0 radical (unpaired) electrons. The lowest BCUT2D eigenvalue weighted by Crippen LogP contribution is -1.83. The van der Waals surface area contributed by atoms with Crippen LogP contribution in [0.25, 0.3) is 22.9 Å².